The molecule has 0 aromatic rings. The van der Waals surface area contributed by atoms with E-state index in [-0.39, 0.29) is 0 Å². The third-order valence-electron chi connectivity index (χ3n) is 1.24. The summed E-state index contributed by atoms with van der Waals surface area (Å²) >= 11 is 4.23. The first-order chi connectivity index (χ1) is 4.31. The van der Waals surface area contributed by atoms with Gasteiger partial charge in [-0.1, -0.05) is 19.7 Å². The van der Waals surface area contributed by atoms with Crippen LogP contribution in [0.3, 0.4) is 0 Å². The molecule has 1 unspecified atom stereocenters. The van der Waals surface area contributed by atoms with E-state index in [0.717, 1.165) is 13.1 Å². The zero-order valence-electron chi connectivity index (χ0n) is 6.01. The van der Waals surface area contributed by atoms with Crippen LogP contribution in [0, 0.1) is 0 Å². The molecule has 1 atom stereocenters. The van der Waals surface area contributed by atoms with Gasteiger partial charge in [-0.3, -0.25) is 4.31 Å². The van der Waals surface area contributed by atoms with E-state index in [1.54, 1.807) is 0 Å². The predicted octanol–water partition coefficient (Wildman–Crippen LogP) is 1.81. The van der Waals surface area contributed by atoms with Crippen LogP contribution in [-0.2, 0) is 0 Å². The second-order valence-corrected chi connectivity index (χ2v) is 3.19. The maximum Gasteiger partial charge on any atom is 0.00869 e. The number of hydrogen-bond acceptors (Lipinski definition) is 2. The van der Waals surface area contributed by atoms with E-state index in [0.29, 0.717) is 0 Å². The quantitative estimate of drug-likeness (QED) is 0.369. The summed E-state index contributed by atoms with van der Waals surface area (Å²) in [5.41, 5.74) is 0. The fraction of sp³-hybridized carbons (Fsp3) is 1.00. The van der Waals surface area contributed by atoms with Crippen molar-refractivity contribution in [3.05, 3.63) is 0 Å². The van der Waals surface area contributed by atoms with Gasteiger partial charge in [-0.05, 0) is 19.0 Å². The number of hydrogen-bond donors (Lipinski definition) is 1. The van der Waals surface area contributed by atoms with Crippen LogP contribution < -0.4 is 0 Å². The molecule has 0 rings (SSSR count). The van der Waals surface area contributed by atoms with Gasteiger partial charge in [-0.2, -0.15) is 0 Å². The summed E-state index contributed by atoms with van der Waals surface area (Å²) in [7, 11) is 2.73. The Labute approximate surface area is 65.9 Å². The number of nitrogens with zero attached hydrogens (tertiary/aromatic N) is 1. The Hall–Kier alpha value is 0.740. The minimum absolute atomic E-state index is 1.04. The average Bonchev–Trinajstić information content (AvgIpc) is 1.89. The second kappa shape index (κ2) is 6.85. The zero-order chi connectivity index (χ0) is 7.11. The Morgan fingerprint density at radius 3 is 2.56 bits per heavy atom. The summed E-state index contributed by atoms with van der Waals surface area (Å²) < 4.78 is 2.04. The Balaban J connectivity index is 2.88. The van der Waals surface area contributed by atoms with Crippen molar-refractivity contribution >= 4 is 22.1 Å². The van der Waals surface area contributed by atoms with E-state index >= 15 is 0 Å². The van der Waals surface area contributed by atoms with Gasteiger partial charge in [-0.15, -0.1) is 9.24 Å². The van der Waals surface area contributed by atoms with E-state index < -0.39 is 0 Å². The molecule has 56 valence electrons. The molecule has 0 bridgehead atoms. The average molecular weight is 165 g/mol. The minimum atomic E-state index is 1.04. The molecule has 0 aromatic carbocycles. The molecule has 0 spiro atoms. The van der Waals surface area contributed by atoms with Crippen LogP contribution in [0.5, 0.6) is 0 Å². The monoisotopic (exact) mass is 165 g/mol. The van der Waals surface area contributed by atoms with E-state index in [9.17, 15) is 0 Å². The lowest BCUT2D eigenvalue weighted by Crippen LogP contribution is -2.12. The summed E-state index contributed by atoms with van der Waals surface area (Å²) in [6, 6.07) is 0. The number of rotatable bonds is 5. The van der Waals surface area contributed by atoms with Crippen molar-refractivity contribution in [2.24, 2.45) is 0 Å². The fourth-order valence-electron chi connectivity index (χ4n) is 0.597. The van der Waals surface area contributed by atoms with Crippen LogP contribution in [0.2, 0.25) is 0 Å². The van der Waals surface area contributed by atoms with Gasteiger partial charge < -0.3 is 0 Å². The lowest BCUT2D eigenvalue weighted by atomic mass is 10.3. The van der Waals surface area contributed by atoms with Crippen LogP contribution >= 0.6 is 22.1 Å². The molecule has 9 heavy (non-hydrogen) atoms. The fourth-order valence-corrected chi connectivity index (χ4v) is 1.03. The van der Waals surface area contributed by atoms with Gasteiger partial charge in [0.25, 0.3) is 0 Å². The minimum Gasteiger partial charge on any atom is -0.254 e. The predicted molar refractivity (Wildman–Crippen MR) is 50.0 cm³/mol. The maximum absolute atomic E-state index is 4.23. The summed E-state index contributed by atoms with van der Waals surface area (Å²) in [6.45, 7) is 4.28. The van der Waals surface area contributed by atoms with Crippen molar-refractivity contribution < 1.29 is 0 Å². The van der Waals surface area contributed by atoms with Gasteiger partial charge in [0.15, 0.2) is 0 Å². The van der Waals surface area contributed by atoms with E-state index in [1.165, 1.54) is 19.0 Å². The Bertz CT molecular complexity index is 61.0. The first-order valence-electron chi connectivity index (χ1n) is 3.45. The van der Waals surface area contributed by atoms with Crippen molar-refractivity contribution in [3.63, 3.8) is 0 Å². The van der Waals surface area contributed by atoms with Crippen LogP contribution in [0.15, 0.2) is 0 Å². The van der Waals surface area contributed by atoms with Crippen LogP contribution in [0.1, 0.15) is 19.8 Å². The van der Waals surface area contributed by atoms with Crippen molar-refractivity contribution in [1.29, 1.82) is 0 Å². The van der Waals surface area contributed by atoms with E-state index in [1.807, 2.05) is 4.31 Å². The van der Waals surface area contributed by atoms with Gasteiger partial charge in [0.05, 0.1) is 0 Å². The van der Waals surface area contributed by atoms with Crippen LogP contribution in [0.25, 0.3) is 0 Å². The molecule has 0 radical (unpaired) electrons. The largest absolute Gasteiger partial charge is 0.254 e. The molecule has 0 saturated carbocycles. The number of thiol groups is 1. The molecule has 0 N–H and O–H groups in total. The summed E-state index contributed by atoms with van der Waals surface area (Å²) in [6.07, 6.45) is 3.77. The molecular weight excluding hydrogens is 149 g/mol. The van der Waals surface area contributed by atoms with Crippen LogP contribution in [-0.4, -0.2) is 23.6 Å². The van der Waals surface area contributed by atoms with Gasteiger partial charge in [0, 0.05) is 13.1 Å². The third-order valence-corrected chi connectivity index (χ3v) is 2.13. The van der Waals surface area contributed by atoms with Gasteiger partial charge in [0.2, 0.25) is 0 Å². The maximum atomic E-state index is 4.23. The van der Waals surface area contributed by atoms with E-state index in [2.05, 4.69) is 29.0 Å². The molecule has 0 saturated heterocycles. The zero-order valence-corrected chi connectivity index (χ0v) is 8.06. The summed E-state index contributed by atoms with van der Waals surface area (Å²) in [4.78, 5) is 0. The molecule has 3 heteroatoms. The third kappa shape index (κ3) is 6.63. The van der Waals surface area contributed by atoms with Crippen LogP contribution in [0.4, 0.5) is 0 Å². The topological polar surface area (TPSA) is 3.24 Å². The highest BCUT2D eigenvalue weighted by Crippen LogP contribution is 1.99. The molecule has 0 heterocycles. The Morgan fingerprint density at radius 1 is 1.44 bits per heavy atom. The molecule has 0 amide bonds. The van der Waals surface area contributed by atoms with Crippen molar-refractivity contribution in [2.75, 3.05) is 19.3 Å². The van der Waals surface area contributed by atoms with E-state index in [4.69, 9.17) is 0 Å². The molecular formula is C6H16NPS. The highest BCUT2D eigenvalue weighted by molar-refractivity contribution is 7.77. The normalized spacial score (nSPS) is 10.7. The first-order valence-corrected chi connectivity index (χ1v) is 4.66. The molecule has 0 aliphatic rings. The van der Waals surface area contributed by atoms with Gasteiger partial charge in [0.1, 0.15) is 0 Å². The summed E-state index contributed by atoms with van der Waals surface area (Å²) in [5.74, 6) is 0. The summed E-state index contributed by atoms with van der Waals surface area (Å²) in [5, 5.41) is 0. The van der Waals surface area contributed by atoms with Crippen molar-refractivity contribution in [2.45, 2.75) is 19.8 Å². The Kier molecular flexibility index (Phi) is 7.42. The number of unbranched alkanes of at least 4 members (excludes halogenated alkanes) is 1. The smallest absolute Gasteiger partial charge is 0.00869 e. The first kappa shape index (κ1) is 9.74. The Morgan fingerprint density at radius 2 is 2.11 bits per heavy atom. The highest BCUT2D eigenvalue weighted by Gasteiger charge is 1.92. The lowest BCUT2D eigenvalue weighted by molar-refractivity contribution is 0.485. The van der Waals surface area contributed by atoms with Crippen molar-refractivity contribution in [1.82, 2.24) is 4.31 Å². The SMILES string of the molecule is CCN(S)CCCCP. The molecule has 0 fully saturated rings. The van der Waals surface area contributed by atoms with Crippen molar-refractivity contribution in [3.8, 4) is 0 Å². The molecule has 0 aromatic heterocycles. The highest BCUT2D eigenvalue weighted by atomic mass is 32.1. The molecule has 1 nitrogen and oxygen atoms in total. The lowest BCUT2D eigenvalue weighted by Gasteiger charge is -2.10. The molecule has 0 aliphatic carbocycles. The van der Waals surface area contributed by atoms with Gasteiger partial charge in [-0.25, -0.2) is 0 Å². The van der Waals surface area contributed by atoms with Gasteiger partial charge >= 0.3 is 0 Å². The molecule has 0 aliphatic heterocycles. The standard InChI is InChI=1S/C6H16NPS/c1-2-7(9)5-3-4-6-8/h9H,2-6,8H2,1H3. The second-order valence-electron chi connectivity index (χ2n) is 2.04.